The molecule has 0 spiro atoms. The zero-order chi connectivity index (χ0) is 16.2. The predicted molar refractivity (Wildman–Crippen MR) is 99.0 cm³/mol. The molecule has 3 rings (SSSR count). The highest BCUT2D eigenvalue weighted by atomic mass is 35.5. The molecule has 0 bridgehead atoms. The van der Waals surface area contributed by atoms with Gasteiger partial charge in [0.15, 0.2) is 5.17 Å². The summed E-state index contributed by atoms with van der Waals surface area (Å²) in [5.41, 5.74) is 0.954. The fraction of sp³-hybridized carbons (Fsp3) is 0.133. The molecule has 2 aromatic rings. The Morgan fingerprint density at radius 2 is 2.13 bits per heavy atom. The van der Waals surface area contributed by atoms with Crippen molar-refractivity contribution in [1.29, 1.82) is 0 Å². The van der Waals surface area contributed by atoms with Crippen LogP contribution in [0.1, 0.15) is 10.4 Å². The first kappa shape index (κ1) is 16.5. The molecule has 1 saturated heterocycles. The lowest BCUT2D eigenvalue weighted by atomic mass is 10.1. The molecule has 1 aromatic carbocycles. The van der Waals surface area contributed by atoms with Gasteiger partial charge in [-0.25, -0.2) is 0 Å². The number of nitrogens with one attached hydrogen (secondary N) is 1. The summed E-state index contributed by atoms with van der Waals surface area (Å²) in [6.07, 6.45) is 2.22. The third-order valence-electron chi connectivity index (χ3n) is 3.06. The molecule has 1 fully saturated rings. The first-order valence-electron chi connectivity index (χ1n) is 6.68. The van der Waals surface area contributed by atoms with Crippen LogP contribution in [0.3, 0.4) is 0 Å². The number of halogens is 2. The lowest BCUT2D eigenvalue weighted by Gasteiger charge is -2.06. The standard InChI is InChI=1S/C15H11Cl2N3OS2/c16-11-4-3-9(6-12(11)17)7-13-14(21)19-15(23-13)20-18-8-10-2-1-5-22-10/h1-6,8,13H,7H2,(H,19,20,21). The van der Waals surface area contributed by atoms with Crippen molar-refractivity contribution in [3.05, 3.63) is 56.2 Å². The first-order chi connectivity index (χ1) is 11.1. The molecule has 23 heavy (non-hydrogen) atoms. The summed E-state index contributed by atoms with van der Waals surface area (Å²) in [5, 5.41) is 14.0. The summed E-state index contributed by atoms with van der Waals surface area (Å²) < 4.78 is 0. The highest BCUT2D eigenvalue weighted by Gasteiger charge is 2.30. The van der Waals surface area contributed by atoms with E-state index in [9.17, 15) is 4.79 Å². The van der Waals surface area contributed by atoms with Crippen LogP contribution >= 0.6 is 46.3 Å². The van der Waals surface area contributed by atoms with Gasteiger partial charge in [-0.1, -0.05) is 47.1 Å². The zero-order valence-corrected chi connectivity index (χ0v) is 14.8. The van der Waals surface area contributed by atoms with Crippen LogP contribution in [0.2, 0.25) is 10.0 Å². The number of thiophene rings is 1. The number of carbonyl (C=O) groups is 1. The number of nitrogens with zero attached hydrogens (tertiary/aromatic N) is 2. The van der Waals surface area contributed by atoms with Crippen molar-refractivity contribution >= 4 is 63.6 Å². The second kappa shape index (κ2) is 7.49. The number of hydrogen-bond acceptors (Lipinski definition) is 5. The van der Waals surface area contributed by atoms with Gasteiger partial charge in [0, 0.05) is 4.88 Å². The maximum absolute atomic E-state index is 12.0. The van der Waals surface area contributed by atoms with Crippen LogP contribution in [-0.2, 0) is 11.2 Å². The average molecular weight is 384 g/mol. The monoisotopic (exact) mass is 383 g/mol. The van der Waals surface area contributed by atoms with E-state index in [0.29, 0.717) is 21.6 Å². The van der Waals surface area contributed by atoms with Crippen LogP contribution in [0, 0.1) is 0 Å². The van der Waals surface area contributed by atoms with E-state index in [0.717, 1.165) is 10.4 Å². The predicted octanol–water partition coefficient (Wildman–Crippen LogP) is 4.22. The molecule has 1 aliphatic heterocycles. The minimum absolute atomic E-state index is 0.0776. The van der Waals surface area contributed by atoms with E-state index in [4.69, 9.17) is 23.2 Å². The van der Waals surface area contributed by atoms with Gasteiger partial charge >= 0.3 is 0 Å². The molecule has 4 nitrogen and oxygen atoms in total. The Kier molecular flexibility index (Phi) is 5.38. The maximum atomic E-state index is 12.0. The van der Waals surface area contributed by atoms with Crippen LogP contribution in [0.5, 0.6) is 0 Å². The van der Waals surface area contributed by atoms with Gasteiger partial charge < -0.3 is 5.32 Å². The number of carbonyl (C=O) groups excluding carboxylic acids is 1. The van der Waals surface area contributed by atoms with Crippen molar-refractivity contribution in [2.75, 3.05) is 0 Å². The SMILES string of the molecule is O=C1NC(=NN=Cc2cccs2)SC1Cc1ccc(Cl)c(Cl)c1. The van der Waals surface area contributed by atoms with Gasteiger partial charge in [-0.15, -0.1) is 16.4 Å². The normalized spacial score (nSPS) is 19.7. The summed E-state index contributed by atoms with van der Waals surface area (Å²) in [7, 11) is 0. The molecule has 1 N–H and O–H groups in total. The maximum Gasteiger partial charge on any atom is 0.239 e. The van der Waals surface area contributed by atoms with E-state index < -0.39 is 0 Å². The smallest absolute Gasteiger partial charge is 0.239 e. The van der Waals surface area contributed by atoms with E-state index in [1.165, 1.54) is 11.8 Å². The minimum Gasteiger partial charge on any atom is -0.303 e. The second-order valence-electron chi connectivity index (χ2n) is 4.71. The molecule has 2 heterocycles. The third-order valence-corrected chi connectivity index (χ3v) is 5.68. The van der Waals surface area contributed by atoms with Gasteiger partial charge in [0.05, 0.1) is 21.5 Å². The van der Waals surface area contributed by atoms with Gasteiger partial charge in [-0.2, -0.15) is 5.10 Å². The van der Waals surface area contributed by atoms with Crippen LogP contribution < -0.4 is 5.32 Å². The number of amides is 1. The van der Waals surface area contributed by atoms with Crippen molar-refractivity contribution in [2.24, 2.45) is 10.2 Å². The first-order valence-corrected chi connectivity index (χ1v) is 9.19. The highest BCUT2D eigenvalue weighted by Crippen LogP contribution is 2.27. The molecule has 1 aromatic heterocycles. The quantitative estimate of drug-likeness (QED) is 0.634. The Hall–Kier alpha value is -1.34. The topological polar surface area (TPSA) is 53.8 Å². The summed E-state index contributed by atoms with van der Waals surface area (Å²) in [4.78, 5) is 13.0. The summed E-state index contributed by atoms with van der Waals surface area (Å²) >= 11 is 14.8. The van der Waals surface area contributed by atoms with E-state index in [1.54, 1.807) is 29.7 Å². The molecular formula is C15H11Cl2N3OS2. The number of thioether (sulfide) groups is 1. The molecule has 1 aliphatic rings. The number of benzene rings is 1. The Morgan fingerprint density at radius 1 is 1.26 bits per heavy atom. The Bertz CT molecular complexity index is 775. The molecule has 1 amide bonds. The van der Waals surface area contributed by atoms with Crippen molar-refractivity contribution in [3.63, 3.8) is 0 Å². The average Bonchev–Trinajstić information content (AvgIpc) is 3.14. The highest BCUT2D eigenvalue weighted by molar-refractivity contribution is 8.15. The third kappa shape index (κ3) is 4.35. The largest absolute Gasteiger partial charge is 0.303 e. The molecule has 0 saturated carbocycles. The number of hydrogen-bond donors (Lipinski definition) is 1. The van der Waals surface area contributed by atoms with E-state index in [2.05, 4.69) is 15.5 Å². The zero-order valence-electron chi connectivity index (χ0n) is 11.7. The molecular weight excluding hydrogens is 373 g/mol. The molecule has 0 aliphatic carbocycles. The molecule has 1 atom stereocenters. The van der Waals surface area contributed by atoms with Crippen molar-refractivity contribution in [3.8, 4) is 0 Å². The number of rotatable bonds is 4. The lowest BCUT2D eigenvalue weighted by Crippen LogP contribution is -2.25. The van der Waals surface area contributed by atoms with Gasteiger partial charge in [0.25, 0.3) is 0 Å². The second-order valence-corrected chi connectivity index (χ2v) is 7.70. The van der Waals surface area contributed by atoms with Crippen molar-refractivity contribution < 1.29 is 4.79 Å². The fourth-order valence-electron chi connectivity index (χ4n) is 1.97. The van der Waals surface area contributed by atoms with E-state index >= 15 is 0 Å². The Labute approximate surface area is 151 Å². The van der Waals surface area contributed by atoms with Crippen molar-refractivity contribution in [1.82, 2.24) is 5.32 Å². The van der Waals surface area contributed by atoms with Gasteiger partial charge in [-0.05, 0) is 35.6 Å². The molecule has 0 radical (unpaired) electrons. The van der Waals surface area contributed by atoms with E-state index in [-0.39, 0.29) is 11.2 Å². The van der Waals surface area contributed by atoms with Gasteiger partial charge in [-0.3, -0.25) is 4.79 Å². The minimum atomic E-state index is -0.247. The molecule has 8 heteroatoms. The van der Waals surface area contributed by atoms with Gasteiger partial charge in [0.1, 0.15) is 0 Å². The fourth-order valence-corrected chi connectivity index (χ4v) is 3.84. The Balaban J connectivity index is 1.64. The van der Waals surface area contributed by atoms with E-state index in [1.807, 2.05) is 23.6 Å². The lowest BCUT2D eigenvalue weighted by molar-refractivity contribution is -0.118. The van der Waals surface area contributed by atoms with Gasteiger partial charge in [0.2, 0.25) is 5.91 Å². The Morgan fingerprint density at radius 3 is 2.87 bits per heavy atom. The molecule has 118 valence electrons. The number of amidine groups is 1. The summed E-state index contributed by atoms with van der Waals surface area (Å²) in [6, 6.07) is 9.27. The molecule has 1 unspecified atom stereocenters. The summed E-state index contributed by atoms with van der Waals surface area (Å²) in [5.74, 6) is -0.0776. The summed E-state index contributed by atoms with van der Waals surface area (Å²) in [6.45, 7) is 0. The van der Waals surface area contributed by atoms with Crippen LogP contribution in [0.15, 0.2) is 45.9 Å². The van der Waals surface area contributed by atoms with Crippen LogP contribution in [0.4, 0.5) is 0 Å². The van der Waals surface area contributed by atoms with Crippen LogP contribution in [0.25, 0.3) is 0 Å². The van der Waals surface area contributed by atoms with Crippen molar-refractivity contribution in [2.45, 2.75) is 11.7 Å². The van der Waals surface area contributed by atoms with Crippen LogP contribution in [-0.4, -0.2) is 22.5 Å².